The molecule has 2 heterocycles. The average molecular weight is 319 g/mol. The largest absolute Gasteiger partial charge is 0.378 e. The molecule has 0 aromatic carbocycles. The van der Waals surface area contributed by atoms with Crippen LogP contribution in [0.25, 0.3) is 0 Å². The van der Waals surface area contributed by atoms with Crippen molar-refractivity contribution >= 4 is 5.91 Å². The highest BCUT2D eigenvalue weighted by Crippen LogP contribution is 2.39. The first-order valence-corrected chi connectivity index (χ1v) is 8.90. The zero-order valence-corrected chi connectivity index (χ0v) is 14.6. The number of hydrogen-bond donors (Lipinski definition) is 0. The summed E-state index contributed by atoms with van der Waals surface area (Å²) in [4.78, 5) is 19.3. The van der Waals surface area contributed by atoms with Gasteiger partial charge in [-0.2, -0.15) is 0 Å². The summed E-state index contributed by atoms with van der Waals surface area (Å²) in [6, 6.07) is 0.295. The van der Waals surface area contributed by atoms with Crippen molar-refractivity contribution in [2.24, 2.45) is 0 Å². The molecule has 1 unspecified atom stereocenters. The molecule has 2 fully saturated rings. The van der Waals surface area contributed by atoms with Gasteiger partial charge in [-0.05, 0) is 32.1 Å². The lowest BCUT2D eigenvalue weighted by atomic mass is 9.77. The van der Waals surface area contributed by atoms with E-state index in [1.807, 2.05) is 12.4 Å². The van der Waals surface area contributed by atoms with Crippen LogP contribution in [0, 0.1) is 0 Å². The standard InChI is InChI=1S/C18H29N3O2/c1-14(2)17-19-9-11-20(17)13-15-6-4-10-21(15)16(22)12-18(23-3)7-5-8-18/h9,11,14-15H,4-8,10,12-13H2,1-3H3. The normalized spacial score (nSPS) is 23.3. The second-order valence-corrected chi connectivity index (χ2v) is 7.39. The lowest BCUT2D eigenvalue weighted by molar-refractivity contribution is -0.145. The molecule has 5 heteroatoms. The number of imidazole rings is 1. The first-order chi connectivity index (χ1) is 11.0. The van der Waals surface area contributed by atoms with E-state index in [9.17, 15) is 4.79 Å². The third kappa shape index (κ3) is 3.30. The van der Waals surface area contributed by atoms with E-state index >= 15 is 0 Å². The SMILES string of the molecule is COC1(CC(=O)N2CCCC2Cn2ccnc2C(C)C)CCC1. The van der Waals surface area contributed by atoms with Gasteiger partial charge in [0.15, 0.2) is 0 Å². The Kier molecular flexibility index (Phi) is 4.76. The number of hydrogen-bond acceptors (Lipinski definition) is 3. The monoisotopic (exact) mass is 319 g/mol. The summed E-state index contributed by atoms with van der Waals surface area (Å²) in [5, 5.41) is 0. The molecule has 0 spiro atoms. The summed E-state index contributed by atoms with van der Waals surface area (Å²) in [5.74, 6) is 1.78. The highest BCUT2D eigenvalue weighted by atomic mass is 16.5. The van der Waals surface area contributed by atoms with Gasteiger partial charge in [-0.3, -0.25) is 4.79 Å². The van der Waals surface area contributed by atoms with Crippen LogP contribution in [0.3, 0.4) is 0 Å². The lowest BCUT2D eigenvalue weighted by Crippen LogP contribution is -2.47. The van der Waals surface area contributed by atoms with Gasteiger partial charge in [0.2, 0.25) is 5.91 Å². The summed E-state index contributed by atoms with van der Waals surface area (Å²) in [6.45, 7) is 6.07. The predicted octanol–water partition coefficient (Wildman–Crippen LogP) is 2.96. The van der Waals surface area contributed by atoms with Crippen molar-refractivity contribution in [1.82, 2.24) is 14.5 Å². The number of carbonyl (C=O) groups excluding carboxylic acids is 1. The molecule has 2 aliphatic rings. The molecule has 1 saturated heterocycles. The van der Waals surface area contributed by atoms with E-state index in [1.54, 1.807) is 7.11 Å². The average Bonchev–Trinajstić information content (AvgIpc) is 3.12. The van der Waals surface area contributed by atoms with Crippen molar-refractivity contribution in [1.29, 1.82) is 0 Å². The summed E-state index contributed by atoms with van der Waals surface area (Å²) in [6.07, 6.45) is 9.85. The summed E-state index contributed by atoms with van der Waals surface area (Å²) in [5.41, 5.74) is -0.178. The molecular formula is C18H29N3O2. The van der Waals surface area contributed by atoms with Gasteiger partial charge in [-0.15, -0.1) is 0 Å². The van der Waals surface area contributed by atoms with Crippen LogP contribution >= 0.6 is 0 Å². The van der Waals surface area contributed by atoms with E-state index in [2.05, 4.69) is 28.3 Å². The highest BCUT2D eigenvalue weighted by molar-refractivity contribution is 5.78. The zero-order valence-electron chi connectivity index (χ0n) is 14.6. The Morgan fingerprint density at radius 3 is 2.83 bits per heavy atom. The third-order valence-electron chi connectivity index (χ3n) is 5.54. The Labute approximate surface area is 139 Å². The van der Waals surface area contributed by atoms with Crippen molar-refractivity contribution in [2.75, 3.05) is 13.7 Å². The molecule has 128 valence electrons. The van der Waals surface area contributed by atoms with Crippen LogP contribution in [0.4, 0.5) is 0 Å². The van der Waals surface area contributed by atoms with Crippen LogP contribution < -0.4 is 0 Å². The van der Waals surface area contributed by atoms with Crippen LogP contribution in [0.2, 0.25) is 0 Å². The quantitative estimate of drug-likeness (QED) is 0.810. The molecule has 3 rings (SSSR count). The van der Waals surface area contributed by atoms with Crippen LogP contribution in [0.15, 0.2) is 12.4 Å². The fraction of sp³-hybridized carbons (Fsp3) is 0.778. The summed E-state index contributed by atoms with van der Waals surface area (Å²) >= 11 is 0. The van der Waals surface area contributed by atoms with E-state index < -0.39 is 0 Å². The van der Waals surface area contributed by atoms with Crippen molar-refractivity contribution in [3.63, 3.8) is 0 Å². The number of carbonyl (C=O) groups is 1. The van der Waals surface area contributed by atoms with E-state index in [0.717, 1.165) is 44.6 Å². The minimum absolute atomic E-state index is 0.178. The van der Waals surface area contributed by atoms with Crippen LogP contribution in [0.1, 0.15) is 64.1 Å². The second-order valence-electron chi connectivity index (χ2n) is 7.39. The summed E-state index contributed by atoms with van der Waals surface area (Å²) in [7, 11) is 1.74. The molecule has 1 saturated carbocycles. The van der Waals surface area contributed by atoms with E-state index in [0.29, 0.717) is 18.4 Å². The molecule has 5 nitrogen and oxygen atoms in total. The van der Waals surface area contributed by atoms with Gasteiger partial charge in [0, 0.05) is 44.6 Å². The number of methoxy groups -OCH3 is 1. The molecule has 1 amide bonds. The first kappa shape index (κ1) is 16.5. The molecule has 1 atom stereocenters. The fourth-order valence-electron chi connectivity index (χ4n) is 3.96. The van der Waals surface area contributed by atoms with Gasteiger partial charge in [-0.25, -0.2) is 4.98 Å². The Bertz CT molecular complexity index is 543. The number of nitrogens with zero attached hydrogens (tertiary/aromatic N) is 3. The first-order valence-electron chi connectivity index (χ1n) is 8.90. The molecule has 0 N–H and O–H groups in total. The minimum Gasteiger partial charge on any atom is -0.378 e. The number of ether oxygens (including phenoxy) is 1. The molecular weight excluding hydrogens is 290 g/mol. The van der Waals surface area contributed by atoms with E-state index in [1.165, 1.54) is 6.42 Å². The summed E-state index contributed by atoms with van der Waals surface area (Å²) < 4.78 is 7.85. The maximum atomic E-state index is 12.8. The predicted molar refractivity (Wildman–Crippen MR) is 89.3 cm³/mol. The van der Waals surface area contributed by atoms with Crippen molar-refractivity contribution in [3.05, 3.63) is 18.2 Å². The topological polar surface area (TPSA) is 47.4 Å². The molecule has 1 aromatic heterocycles. The van der Waals surface area contributed by atoms with Gasteiger partial charge >= 0.3 is 0 Å². The molecule has 0 bridgehead atoms. The van der Waals surface area contributed by atoms with Gasteiger partial charge < -0.3 is 14.2 Å². The van der Waals surface area contributed by atoms with E-state index in [4.69, 9.17) is 4.74 Å². The minimum atomic E-state index is -0.178. The molecule has 1 aliphatic heterocycles. The number of rotatable bonds is 6. The van der Waals surface area contributed by atoms with Gasteiger partial charge in [0.05, 0.1) is 12.0 Å². The van der Waals surface area contributed by atoms with Crippen molar-refractivity contribution < 1.29 is 9.53 Å². The van der Waals surface area contributed by atoms with Gasteiger partial charge in [0.1, 0.15) is 5.82 Å². The number of aromatic nitrogens is 2. The lowest BCUT2D eigenvalue weighted by Gasteiger charge is -2.41. The molecule has 0 radical (unpaired) electrons. The maximum absolute atomic E-state index is 12.8. The van der Waals surface area contributed by atoms with Crippen LogP contribution in [0.5, 0.6) is 0 Å². The Balaban J connectivity index is 1.65. The molecule has 1 aliphatic carbocycles. The van der Waals surface area contributed by atoms with Crippen molar-refractivity contribution in [3.8, 4) is 0 Å². The van der Waals surface area contributed by atoms with Gasteiger partial charge in [0.25, 0.3) is 0 Å². The van der Waals surface area contributed by atoms with Crippen LogP contribution in [-0.4, -0.2) is 45.7 Å². The number of amides is 1. The Morgan fingerprint density at radius 2 is 2.22 bits per heavy atom. The van der Waals surface area contributed by atoms with Crippen molar-refractivity contribution in [2.45, 2.75) is 76.5 Å². The number of likely N-dealkylation sites (tertiary alicyclic amines) is 1. The highest BCUT2D eigenvalue weighted by Gasteiger charge is 2.41. The Hall–Kier alpha value is -1.36. The van der Waals surface area contributed by atoms with Crippen LogP contribution in [-0.2, 0) is 16.1 Å². The second kappa shape index (κ2) is 6.63. The Morgan fingerprint density at radius 1 is 1.43 bits per heavy atom. The van der Waals surface area contributed by atoms with Gasteiger partial charge in [-0.1, -0.05) is 13.8 Å². The smallest absolute Gasteiger partial charge is 0.225 e. The third-order valence-corrected chi connectivity index (χ3v) is 5.54. The van der Waals surface area contributed by atoms with E-state index in [-0.39, 0.29) is 11.5 Å². The fourth-order valence-corrected chi connectivity index (χ4v) is 3.96. The molecule has 1 aromatic rings. The maximum Gasteiger partial charge on any atom is 0.225 e. The molecule has 23 heavy (non-hydrogen) atoms. The zero-order chi connectivity index (χ0) is 16.4.